The van der Waals surface area contributed by atoms with E-state index < -0.39 is 5.97 Å². The molecule has 0 aromatic carbocycles. The van der Waals surface area contributed by atoms with E-state index in [2.05, 4.69) is 11.9 Å². The summed E-state index contributed by atoms with van der Waals surface area (Å²) in [5.74, 6) is 0.0143. The van der Waals surface area contributed by atoms with Gasteiger partial charge in [0.2, 0.25) is 0 Å². The van der Waals surface area contributed by atoms with Gasteiger partial charge in [-0.1, -0.05) is 0 Å². The number of nitrogens with zero attached hydrogens (tertiary/aromatic N) is 1. The van der Waals surface area contributed by atoms with Gasteiger partial charge in [-0.25, -0.2) is 0 Å². The molecule has 2 rings (SSSR count). The SMILES string of the molecule is CN(CC1CCOCC1)C1CC(C(=O)O)C1. The molecular formula is C12H21NO3. The van der Waals surface area contributed by atoms with Crippen molar-refractivity contribution >= 4 is 5.97 Å². The maximum Gasteiger partial charge on any atom is 0.306 e. The average Bonchev–Trinajstić information content (AvgIpc) is 2.15. The van der Waals surface area contributed by atoms with Gasteiger partial charge in [0, 0.05) is 25.8 Å². The molecule has 0 bridgehead atoms. The van der Waals surface area contributed by atoms with Gasteiger partial charge < -0.3 is 14.7 Å². The van der Waals surface area contributed by atoms with Gasteiger partial charge in [-0.2, -0.15) is 0 Å². The number of hydrogen-bond acceptors (Lipinski definition) is 3. The Morgan fingerprint density at radius 2 is 2.00 bits per heavy atom. The summed E-state index contributed by atoms with van der Waals surface area (Å²) in [5.41, 5.74) is 0. The number of carboxylic acid groups (broad SMARTS) is 1. The van der Waals surface area contributed by atoms with Gasteiger partial charge in [-0.05, 0) is 38.6 Å². The first-order valence-corrected chi connectivity index (χ1v) is 6.17. The predicted octanol–water partition coefficient (Wildman–Crippen LogP) is 1.21. The van der Waals surface area contributed by atoms with Crippen LogP contribution in [0.5, 0.6) is 0 Å². The fourth-order valence-electron chi connectivity index (χ4n) is 2.63. The van der Waals surface area contributed by atoms with Crippen LogP contribution in [0, 0.1) is 11.8 Å². The van der Waals surface area contributed by atoms with Crippen molar-refractivity contribution in [1.29, 1.82) is 0 Å². The molecule has 16 heavy (non-hydrogen) atoms. The molecular weight excluding hydrogens is 206 g/mol. The topological polar surface area (TPSA) is 49.8 Å². The number of aliphatic carboxylic acids is 1. The molecule has 0 amide bonds. The lowest BCUT2D eigenvalue weighted by Gasteiger charge is -2.41. The largest absolute Gasteiger partial charge is 0.481 e. The van der Waals surface area contributed by atoms with Gasteiger partial charge in [0.25, 0.3) is 0 Å². The molecule has 0 spiro atoms. The monoisotopic (exact) mass is 227 g/mol. The summed E-state index contributed by atoms with van der Waals surface area (Å²) < 4.78 is 5.33. The van der Waals surface area contributed by atoms with Crippen LogP contribution in [0.15, 0.2) is 0 Å². The zero-order valence-corrected chi connectivity index (χ0v) is 9.89. The molecule has 0 radical (unpaired) electrons. The van der Waals surface area contributed by atoms with E-state index in [1.54, 1.807) is 0 Å². The van der Waals surface area contributed by atoms with Crippen LogP contribution in [0.1, 0.15) is 25.7 Å². The summed E-state index contributed by atoms with van der Waals surface area (Å²) in [4.78, 5) is 13.0. The van der Waals surface area contributed by atoms with Crippen molar-refractivity contribution in [2.75, 3.05) is 26.8 Å². The van der Waals surface area contributed by atoms with Crippen molar-refractivity contribution < 1.29 is 14.6 Å². The maximum absolute atomic E-state index is 10.7. The standard InChI is InChI=1S/C12H21NO3/c1-13(8-9-2-4-16-5-3-9)11-6-10(7-11)12(14)15/h9-11H,2-8H2,1H3,(H,14,15). The molecule has 1 saturated carbocycles. The highest BCUT2D eigenvalue weighted by molar-refractivity contribution is 5.71. The highest BCUT2D eigenvalue weighted by Gasteiger charge is 2.37. The summed E-state index contributed by atoms with van der Waals surface area (Å²) in [7, 11) is 2.12. The summed E-state index contributed by atoms with van der Waals surface area (Å²) in [6, 6.07) is 0.490. The molecule has 1 saturated heterocycles. The van der Waals surface area contributed by atoms with Crippen LogP contribution in [0.25, 0.3) is 0 Å². The molecule has 0 aromatic rings. The van der Waals surface area contributed by atoms with Gasteiger partial charge in [0.1, 0.15) is 0 Å². The molecule has 4 heteroatoms. The lowest BCUT2D eigenvalue weighted by atomic mass is 9.79. The smallest absolute Gasteiger partial charge is 0.306 e. The number of carbonyl (C=O) groups is 1. The Morgan fingerprint density at radius 1 is 1.38 bits per heavy atom. The third-order valence-corrected chi connectivity index (χ3v) is 3.97. The van der Waals surface area contributed by atoms with Crippen LogP contribution >= 0.6 is 0 Å². The number of rotatable bonds is 4. The second-order valence-corrected chi connectivity index (χ2v) is 5.16. The first kappa shape index (κ1) is 11.9. The van der Waals surface area contributed by atoms with Crippen LogP contribution in [0.2, 0.25) is 0 Å². The minimum absolute atomic E-state index is 0.0952. The van der Waals surface area contributed by atoms with Crippen molar-refractivity contribution in [2.45, 2.75) is 31.7 Å². The first-order valence-electron chi connectivity index (χ1n) is 6.17. The second-order valence-electron chi connectivity index (χ2n) is 5.16. The van der Waals surface area contributed by atoms with Crippen molar-refractivity contribution in [2.24, 2.45) is 11.8 Å². The van der Waals surface area contributed by atoms with Crippen molar-refractivity contribution in [1.82, 2.24) is 4.90 Å². The third kappa shape index (κ3) is 2.74. The highest BCUT2D eigenvalue weighted by atomic mass is 16.5. The summed E-state index contributed by atoms with van der Waals surface area (Å²) >= 11 is 0. The maximum atomic E-state index is 10.7. The molecule has 1 N–H and O–H groups in total. The van der Waals surface area contributed by atoms with Crippen molar-refractivity contribution in [3.8, 4) is 0 Å². The predicted molar refractivity (Wildman–Crippen MR) is 60.3 cm³/mol. The number of hydrogen-bond donors (Lipinski definition) is 1. The zero-order valence-electron chi connectivity index (χ0n) is 9.89. The van der Waals surface area contributed by atoms with E-state index >= 15 is 0 Å². The zero-order chi connectivity index (χ0) is 11.5. The Hall–Kier alpha value is -0.610. The first-order chi connectivity index (χ1) is 7.66. The van der Waals surface area contributed by atoms with E-state index in [-0.39, 0.29) is 5.92 Å². The fraction of sp³-hybridized carbons (Fsp3) is 0.917. The summed E-state index contributed by atoms with van der Waals surface area (Å²) in [6.45, 7) is 2.88. The second kappa shape index (κ2) is 5.15. The average molecular weight is 227 g/mol. The van der Waals surface area contributed by atoms with E-state index in [0.29, 0.717) is 6.04 Å². The van der Waals surface area contributed by atoms with Crippen LogP contribution in [0.4, 0.5) is 0 Å². The van der Waals surface area contributed by atoms with Crippen LogP contribution < -0.4 is 0 Å². The number of carboxylic acids is 1. The number of ether oxygens (including phenoxy) is 1. The molecule has 2 fully saturated rings. The lowest BCUT2D eigenvalue weighted by molar-refractivity contribution is -0.146. The third-order valence-electron chi connectivity index (χ3n) is 3.97. The van der Waals surface area contributed by atoms with Crippen LogP contribution in [-0.2, 0) is 9.53 Å². The molecule has 0 unspecified atom stereocenters. The minimum Gasteiger partial charge on any atom is -0.481 e. The molecule has 0 aromatic heterocycles. The molecule has 1 aliphatic heterocycles. The van der Waals surface area contributed by atoms with E-state index in [4.69, 9.17) is 9.84 Å². The molecule has 4 nitrogen and oxygen atoms in total. The van der Waals surface area contributed by atoms with Gasteiger partial charge in [0.15, 0.2) is 0 Å². The summed E-state index contributed by atoms with van der Waals surface area (Å²) in [5, 5.41) is 8.82. The molecule has 0 atom stereocenters. The Bertz CT molecular complexity index is 245. The van der Waals surface area contributed by atoms with E-state index in [9.17, 15) is 4.79 Å². The minimum atomic E-state index is -0.629. The lowest BCUT2D eigenvalue weighted by Crippen LogP contribution is -2.47. The molecule has 92 valence electrons. The normalized spacial score (nSPS) is 31.4. The van der Waals surface area contributed by atoms with E-state index in [1.807, 2.05) is 0 Å². The molecule has 1 heterocycles. The summed E-state index contributed by atoms with van der Waals surface area (Å²) in [6.07, 6.45) is 3.96. The highest BCUT2D eigenvalue weighted by Crippen LogP contribution is 2.32. The van der Waals surface area contributed by atoms with E-state index in [0.717, 1.165) is 51.4 Å². The Labute approximate surface area is 96.6 Å². The van der Waals surface area contributed by atoms with Gasteiger partial charge in [0.05, 0.1) is 5.92 Å². The Balaban J connectivity index is 1.68. The van der Waals surface area contributed by atoms with Crippen LogP contribution in [0.3, 0.4) is 0 Å². The Morgan fingerprint density at radius 3 is 2.56 bits per heavy atom. The molecule has 2 aliphatic rings. The van der Waals surface area contributed by atoms with Crippen molar-refractivity contribution in [3.63, 3.8) is 0 Å². The van der Waals surface area contributed by atoms with Gasteiger partial charge in [-0.15, -0.1) is 0 Å². The molecule has 1 aliphatic carbocycles. The van der Waals surface area contributed by atoms with Crippen molar-refractivity contribution in [3.05, 3.63) is 0 Å². The van der Waals surface area contributed by atoms with Gasteiger partial charge >= 0.3 is 5.97 Å². The fourth-order valence-corrected chi connectivity index (χ4v) is 2.63. The Kier molecular flexibility index (Phi) is 3.82. The quantitative estimate of drug-likeness (QED) is 0.784. The van der Waals surface area contributed by atoms with E-state index in [1.165, 1.54) is 0 Å². The van der Waals surface area contributed by atoms with Gasteiger partial charge in [-0.3, -0.25) is 4.79 Å². The van der Waals surface area contributed by atoms with Crippen LogP contribution in [-0.4, -0.2) is 48.8 Å².